The molecular weight excluding hydrogens is 741 g/mol. The van der Waals surface area contributed by atoms with Crippen LogP contribution in [0.5, 0.6) is 23.0 Å². The van der Waals surface area contributed by atoms with Gasteiger partial charge in [-0.25, -0.2) is 0 Å². The summed E-state index contributed by atoms with van der Waals surface area (Å²) in [6.45, 7) is 5.93. The summed E-state index contributed by atoms with van der Waals surface area (Å²) in [5.41, 5.74) is 2.67. The first-order valence-electron chi connectivity index (χ1n) is 21.9. The van der Waals surface area contributed by atoms with Crippen molar-refractivity contribution in [3.8, 4) is 23.0 Å². The highest BCUT2D eigenvalue weighted by Gasteiger charge is 2.10. The van der Waals surface area contributed by atoms with Crippen LogP contribution in [0.1, 0.15) is 136 Å². The summed E-state index contributed by atoms with van der Waals surface area (Å²) in [7, 11) is 0. The number of hydrogen-bond donors (Lipinski definition) is 0. The number of ether oxygens (including phenoxy) is 4. The van der Waals surface area contributed by atoms with E-state index in [1.54, 1.807) is 48.5 Å². The molecule has 10 heteroatoms. The van der Waals surface area contributed by atoms with Gasteiger partial charge in [0.25, 0.3) is 0 Å². The maximum absolute atomic E-state index is 12.4. The van der Waals surface area contributed by atoms with Crippen LogP contribution >= 0.6 is 0 Å². The van der Waals surface area contributed by atoms with Crippen LogP contribution in [0.2, 0.25) is 0 Å². The molecule has 0 radical (unpaired) electrons. The Labute approximate surface area is 351 Å². The lowest BCUT2D eigenvalue weighted by Crippen LogP contribution is -2.11. The molecule has 0 saturated heterocycles. The molecule has 59 heavy (non-hydrogen) atoms. The molecule has 0 aliphatic carbocycles. The SMILES string of the molecule is CCCCCCCCCCOc1ccc(N=Nc2ccc(OC(=O)CCCC(=O)Oc3ccc(N=Nc4ccc(OCCCCCCCCCC)cc4)cc3)cc2)cc1. The summed E-state index contributed by atoms with van der Waals surface area (Å²) in [6.07, 6.45) is 20.8. The van der Waals surface area contributed by atoms with Gasteiger partial charge >= 0.3 is 11.9 Å². The topological polar surface area (TPSA) is 121 Å². The molecule has 4 rings (SSSR count). The first-order chi connectivity index (χ1) is 29.0. The van der Waals surface area contributed by atoms with Gasteiger partial charge in [0.05, 0.1) is 36.0 Å². The predicted molar refractivity (Wildman–Crippen MR) is 235 cm³/mol. The van der Waals surface area contributed by atoms with Gasteiger partial charge in [0.15, 0.2) is 0 Å². The fourth-order valence-electron chi connectivity index (χ4n) is 6.20. The number of esters is 2. The average Bonchev–Trinajstić information content (AvgIpc) is 3.25. The monoisotopic (exact) mass is 804 g/mol. The minimum atomic E-state index is -0.437. The number of carbonyl (C=O) groups excluding carboxylic acids is 2. The average molecular weight is 805 g/mol. The van der Waals surface area contributed by atoms with Gasteiger partial charge in [0, 0.05) is 12.8 Å². The van der Waals surface area contributed by atoms with E-state index in [0.717, 1.165) is 37.6 Å². The largest absolute Gasteiger partial charge is 0.494 e. The third-order valence-electron chi connectivity index (χ3n) is 9.67. The molecule has 10 nitrogen and oxygen atoms in total. The number of benzene rings is 4. The van der Waals surface area contributed by atoms with E-state index < -0.39 is 11.9 Å². The lowest BCUT2D eigenvalue weighted by atomic mass is 10.1. The molecule has 0 atom stereocenters. The van der Waals surface area contributed by atoms with Crippen molar-refractivity contribution >= 4 is 34.7 Å². The molecule has 0 heterocycles. The third-order valence-corrected chi connectivity index (χ3v) is 9.67. The van der Waals surface area contributed by atoms with E-state index in [1.165, 1.54) is 89.9 Å². The maximum atomic E-state index is 12.4. The van der Waals surface area contributed by atoms with Crippen LogP contribution < -0.4 is 18.9 Å². The molecule has 0 fully saturated rings. The minimum absolute atomic E-state index is 0.0705. The molecule has 0 unspecified atom stereocenters. The van der Waals surface area contributed by atoms with Crippen molar-refractivity contribution in [2.45, 2.75) is 136 Å². The van der Waals surface area contributed by atoms with Gasteiger partial charge in [0.1, 0.15) is 23.0 Å². The van der Waals surface area contributed by atoms with E-state index in [4.69, 9.17) is 18.9 Å². The summed E-state index contributed by atoms with van der Waals surface area (Å²) in [4.78, 5) is 24.8. The number of hydrogen-bond acceptors (Lipinski definition) is 10. The number of rotatable bonds is 30. The molecule has 4 aromatic carbocycles. The lowest BCUT2D eigenvalue weighted by molar-refractivity contribution is -0.136. The van der Waals surface area contributed by atoms with Crippen molar-refractivity contribution in [1.29, 1.82) is 0 Å². The van der Waals surface area contributed by atoms with Crippen LogP contribution in [0.25, 0.3) is 0 Å². The fraction of sp³-hybridized carbons (Fsp3) is 0.469. The van der Waals surface area contributed by atoms with Crippen molar-refractivity contribution in [1.82, 2.24) is 0 Å². The molecule has 0 bridgehead atoms. The molecule has 316 valence electrons. The van der Waals surface area contributed by atoms with Crippen LogP contribution in [0.15, 0.2) is 118 Å². The zero-order chi connectivity index (χ0) is 41.6. The summed E-state index contributed by atoms with van der Waals surface area (Å²) >= 11 is 0. The highest BCUT2D eigenvalue weighted by atomic mass is 16.5. The van der Waals surface area contributed by atoms with Gasteiger partial charge in [-0.2, -0.15) is 20.5 Å². The van der Waals surface area contributed by atoms with Gasteiger partial charge < -0.3 is 18.9 Å². The van der Waals surface area contributed by atoms with E-state index in [0.29, 0.717) is 40.7 Å². The molecule has 0 aliphatic rings. The first-order valence-corrected chi connectivity index (χ1v) is 21.9. The van der Waals surface area contributed by atoms with Gasteiger partial charge in [-0.3, -0.25) is 9.59 Å². The Morgan fingerprint density at radius 1 is 0.356 bits per heavy atom. The quantitative estimate of drug-likeness (QED) is 0.0224. The summed E-state index contributed by atoms with van der Waals surface area (Å²) in [5.74, 6) is 1.56. The zero-order valence-corrected chi connectivity index (χ0v) is 35.3. The third kappa shape index (κ3) is 20.7. The summed E-state index contributed by atoms with van der Waals surface area (Å²) in [5, 5.41) is 17.2. The smallest absolute Gasteiger partial charge is 0.311 e. The lowest BCUT2D eigenvalue weighted by Gasteiger charge is -2.06. The van der Waals surface area contributed by atoms with Crippen LogP contribution in [-0.2, 0) is 9.59 Å². The van der Waals surface area contributed by atoms with Crippen molar-refractivity contribution in [2.24, 2.45) is 20.5 Å². The molecule has 0 N–H and O–H groups in total. The van der Waals surface area contributed by atoms with Crippen molar-refractivity contribution in [2.75, 3.05) is 13.2 Å². The predicted octanol–water partition coefficient (Wildman–Crippen LogP) is 15.2. The number of unbranched alkanes of at least 4 members (excludes halogenated alkanes) is 14. The second-order valence-electron chi connectivity index (χ2n) is 14.8. The van der Waals surface area contributed by atoms with Crippen LogP contribution in [0.3, 0.4) is 0 Å². The second-order valence-corrected chi connectivity index (χ2v) is 14.8. The number of carbonyl (C=O) groups is 2. The molecular formula is C49H64N4O6. The highest BCUT2D eigenvalue weighted by molar-refractivity contribution is 5.75. The molecule has 0 spiro atoms. The summed E-state index contributed by atoms with van der Waals surface area (Å²) < 4.78 is 22.6. The molecule has 4 aromatic rings. The number of nitrogens with zero attached hydrogens (tertiary/aromatic N) is 4. The van der Waals surface area contributed by atoms with Gasteiger partial charge in [-0.15, -0.1) is 0 Å². The van der Waals surface area contributed by atoms with Crippen LogP contribution in [0, 0.1) is 0 Å². The Morgan fingerprint density at radius 2 is 0.627 bits per heavy atom. The van der Waals surface area contributed by atoms with E-state index in [1.807, 2.05) is 48.5 Å². The summed E-state index contributed by atoms with van der Waals surface area (Å²) in [6, 6.07) is 28.7. The van der Waals surface area contributed by atoms with Crippen molar-refractivity contribution in [3.63, 3.8) is 0 Å². The van der Waals surface area contributed by atoms with E-state index in [9.17, 15) is 9.59 Å². The minimum Gasteiger partial charge on any atom is -0.494 e. The molecule has 0 aromatic heterocycles. The Morgan fingerprint density at radius 3 is 0.932 bits per heavy atom. The number of azo groups is 2. The maximum Gasteiger partial charge on any atom is 0.311 e. The van der Waals surface area contributed by atoms with E-state index >= 15 is 0 Å². The molecule has 0 saturated carbocycles. The van der Waals surface area contributed by atoms with E-state index in [2.05, 4.69) is 34.3 Å². The Kier molecular flexibility index (Phi) is 22.7. The van der Waals surface area contributed by atoms with E-state index in [-0.39, 0.29) is 12.8 Å². The molecule has 0 aliphatic heterocycles. The standard InChI is InChI=1S/C49H64N4O6/c1-3-5-7-9-11-13-15-17-38-56-44-30-22-40(23-31-44)50-52-42-26-34-46(35-27-42)58-48(54)20-19-21-49(55)59-47-36-28-43(29-37-47)53-51-41-24-32-45(33-25-41)57-39-18-16-14-12-10-8-6-4-2/h22-37H,3-21,38-39H2,1-2H3. The Balaban J connectivity index is 1.05. The molecule has 0 amide bonds. The Bertz CT molecular complexity index is 1660. The highest BCUT2D eigenvalue weighted by Crippen LogP contribution is 2.26. The van der Waals surface area contributed by atoms with Crippen LogP contribution in [0.4, 0.5) is 22.7 Å². The van der Waals surface area contributed by atoms with Gasteiger partial charge in [0.2, 0.25) is 0 Å². The van der Waals surface area contributed by atoms with Crippen molar-refractivity contribution < 1.29 is 28.5 Å². The van der Waals surface area contributed by atoms with Crippen molar-refractivity contribution in [3.05, 3.63) is 97.1 Å². The fourth-order valence-corrected chi connectivity index (χ4v) is 6.20. The Hall–Kier alpha value is -5.38. The van der Waals surface area contributed by atoms with Gasteiger partial charge in [-0.1, -0.05) is 104 Å². The second kappa shape index (κ2) is 28.9. The zero-order valence-electron chi connectivity index (χ0n) is 35.3. The normalized spacial score (nSPS) is 11.3. The van der Waals surface area contributed by atoms with Crippen LogP contribution in [-0.4, -0.2) is 25.2 Å². The first kappa shape index (κ1) is 46.3. The van der Waals surface area contributed by atoms with Gasteiger partial charge in [-0.05, 0) is 116 Å².